The Morgan fingerprint density at radius 2 is 1.89 bits per heavy atom. The minimum atomic E-state index is 0.548. The van der Waals surface area contributed by atoms with E-state index in [1.165, 1.54) is 11.1 Å². The second-order valence-corrected chi connectivity index (χ2v) is 4.92. The Balaban J connectivity index is 2.00. The van der Waals surface area contributed by atoms with Gasteiger partial charge in [0, 0.05) is 24.5 Å². The second-order valence-electron chi connectivity index (χ2n) is 4.51. The number of hydrogen-bond acceptors (Lipinski definition) is 2. The Kier molecular flexibility index (Phi) is 4.16. The molecule has 2 aromatic rings. The number of benzene rings is 1. The van der Waals surface area contributed by atoms with Crippen LogP contribution in [0, 0.1) is 13.8 Å². The molecule has 4 nitrogen and oxygen atoms in total. The van der Waals surface area contributed by atoms with Gasteiger partial charge in [-0.1, -0.05) is 6.07 Å². The zero-order valence-electron chi connectivity index (χ0n) is 11.4. The molecular weight excluding hydrogens is 256 g/mol. The van der Waals surface area contributed by atoms with Gasteiger partial charge in [0.15, 0.2) is 10.9 Å². The molecule has 0 aliphatic carbocycles. The van der Waals surface area contributed by atoms with Crippen LogP contribution in [0.25, 0.3) is 0 Å². The van der Waals surface area contributed by atoms with Gasteiger partial charge >= 0.3 is 0 Å². The van der Waals surface area contributed by atoms with Crippen molar-refractivity contribution >= 4 is 28.8 Å². The van der Waals surface area contributed by atoms with E-state index in [0.717, 1.165) is 18.1 Å². The first-order chi connectivity index (χ1) is 9.06. The van der Waals surface area contributed by atoms with Crippen molar-refractivity contribution in [1.29, 1.82) is 0 Å². The Morgan fingerprint density at radius 1 is 1.21 bits per heavy atom. The van der Waals surface area contributed by atoms with E-state index in [1.807, 2.05) is 23.9 Å². The zero-order valence-corrected chi connectivity index (χ0v) is 12.2. The van der Waals surface area contributed by atoms with E-state index in [-0.39, 0.29) is 0 Å². The molecule has 0 saturated heterocycles. The van der Waals surface area contributed by atoms with Crippen LogP contribution < -0.4 is 10.6 Å². The third kappa shape index (κ3) is 3.79. The van der Waals surface area contributed by atoms with Crippen molar-refractivity contribution in [2.45, 2.75) is 27.3 Å². The summed E-state index contributed by atoms with van der Waals surface area (Å²) in [6.45, 7) is 7.02. The fraction of sp³-hybridized carbons (Fsp3) is 0.286. The normalized spacial score (nSPS) is 10.3. The van der Waals surface area contributed by atoms with Gasteiger partial charge in [0.05, 0.1) is 0 Å². The van der Waals surface area contributed by atoms with Crippen molar-refractivity contribution in [3.63, 3.8) is 0 Å². The maximum Gasteiger partial charge on any atom is 0.176 e. The summed E-state index contributed by atoms with van der Waals surface area (Å²) in [6.07, 6.45) is 1.92. The summed E-state index contributed by atoms with van der Waals surface area (Å²) in [6, 6.07) is 8.15. The van der Waals surface area contributed by atoms with Crippen LogP contribution >= 0.6 is 12.2 Å². The minimum Gasteiger partial charge on any atom is -0.332 e. The number of anilines is 2. The minimum absolute atomic E-state index is 0.548. The van der Waals surface area contributed by atoms with E-state index in [0.29, 0.717) is 5.11 Å². The van der Waals surface area contributed by atoms with Gasteiger partial charge in [0.1, 0.15) is 0 Å². The number of nitrogens with one attached hydrogen (secondary N) is 2. The summed E-state index contributed by atoms with van der Waals surface area (Å²) in [4.78, 5) is 0. The molecule has 0 bridgehead atoms. The number of hydrogen-bond donors (Lipinski definition) is 2. The molecule has 0 amide bonds. The van der Waals surface area contributed by atoms with Gasteiger partial charge in [-0.05, 0) is 56.2 Å². The van der Waals surface area contributed by atoms with E-state index in [1.54, 1.807) is 0 Å². The van der Waals surface area contributed by atoms with Gasteiger partial charge in [0.2, 0.25) is 0 Å². The molecule has 0 saturated carbocycles. The van der Waals surface area contributed by atoms with E-state index in [9.17, 15) is 0 Å². The van der Waals surface area contributed by atoms with Crippen molar-refractivity contribution < 1.29 is 0 Å². The maximum atomic E-state index is 5.28. The third-order valence-corrected chi connectivity index (χ3v) is 2.89. The molecule has 0 aliphatic rings. The van der Waals surface area contributed by atoms with Gasteiger partial charge in [-0.25, -0.2) is 0 Å². The predicted octanol–water partition coefficient (Wildman–Crippen LogP) is 3.33. The van der Waals surface area contributed by atoms with E-state index in [4.69, 9.17) is 12.2 Å². The first-order valence-corrected chi connectivity index (χ1v) is 6.67. The van der Waals surface area contributed by atoms with Crippen LogP contribution in [0.5, 0.6) is 0 Å². The SMILES string of the molecule is CCn1ccc(NC(=S)Nc2cc(C)cc(C)c2)n1. The number of aromatic nitrogens is 2. The van der Waals surface area contributed by atoms with Crippen molar-refractivity contribution in [2.75, 3.05) is 10.6 Å². The van der Waals surface area contributed by atoms with Gasteiger partial charge in [-0.2, -0.15) is 5.10 Å². The lowest BCUT2D eigenvalue weighted by molar-refractivity contribution is 0.662. The largest absolute Gasteiger partial charge is 0.332 e. The summed E-state index contributed by atoms with van der Waals surface area (Å²) < 4.78 is 1.85. The van der Waals surface area contributed by atoms with Crippen LogP contribution in [0.4, 0.5) is 11.5 Å². The molecule has 2 N–H and O–H groups in total. The first-order valence-electron chi connectivity index (χ1n) is 6.26. The van der Waals surface area contributed by atoms with Crippen LogP contribution in [0.2, 0.25) is 0 Å². The summed E-state index contributed by atoms with van der Waals surface area (Å²) >= 11 is 5.28. The molecule has 0 atom stereocenters. The standard InChI is InChI=1S/C14H18N4S/c1-4-18-6-5-13(17-18)16-14(19)15-12-8-10(2)7-11(3)9-12/h5-9H,4H2,1-3H3,(H2,15,16,17,19). The van der Waals surface area contributed by atoms with Crippen molar-refractivity contribution in [3.05, 3.63) is 41.6 Å². The molecule has 1 heterocycles. The summed E-state index contributed by atoms with van der Waals surface area (Å²) in [7, 11) is 0. The lowest BCUT2D eigenvalue weighted by Gasteiger charge is -2.10. The number of rotatable bonds is 3. The molecular formula is C14H18N4S. The number of aryl methyl sites for hydroxylation is 3. The zero-order chi connectivity index (χ0) is 13.8. The molecule has 1 aromatic heterocycles. The van der Waals surface area contributed by atoms with Crippen molar-refractivity contribution in [3.8, 4) is 0 Å². The molecule has 0 unspecified atom stereocenters. The maximum absolute atomic E-state index is 5.28. The molecule has 0 radical (unpaired) electrons. The van der Waals surface area contributed by atoms with Crippen LogP contribution in [-0.2, 0) is 6.54 Å². The molecule has 100 valence electrons. The quantitative estimate of drug-likeness (QED) is 0.843. The molecule has 0 fully saturated rings. The predicted molar refractivity (Wildman–Crippen MR) is 83.7 cm³/mol. The Morgan fingerprint density at radius 3 is 2.47 bits per heavy atom. The molecule has 19 heavy (non-hydrogen) atoms. The average Bonchev–Trinajstić information content (AvgIpc) is 2.74. The molecule has 5 heteroatoms. The summed E-state index contributed by atoms with van der Waals surface area (Å²) in [5.74, 6) is 0.753. The molecule has 2 rings (SSSR count). The molecule has 0 aliphatic heterocycles. The van der Waals surface area contributed by atoms with Gasteiger partial charge in [0.25, 0.3) is 0 Å². The van der Waals surface area contributed by atoms with E-state index >= 15 is 0 Å². The number of thiocarbonyl (C=S) groups is 1. The van der Waals surface area contributed by atoms with Gasteiger partial charge in [-0.15, -0.1) is 0 Å². The Bertz CT molecular complexity index is 569. The lowest BCUT2D eigenvalue weighted by atomic mass is 10.1. The first kappa shape index (κ1) is 13.5. The fourth-order valence-electron chi connectivity index (χ4n) is 1.93. The van der Waals surface area contributed by atoms with Crippen LogP contribution in [0.3, 0.4) is 0 Å². The molecule has 1 aromatic carbocycles. The Labute approximate surface area is 118 Å². The highest BCUT2D eigenvalue weighted by Crippen LogP contribution is 2.14. The smallest absolute Gasteiger partial charge is 0.176 e. The lowest BCUT2D eigenvalue weighted by Crippen LogP contribution is -2.19. The van der Waals surface area contributed by atoms with Crippen LogP contribution in [0.15, 0.2) is 30.5 Å². The summed E-state index contributed by atoms with van der Waals surface area (Å²) in [5.41, 5.74) is 3.41. The van der Waals surface area contributed by atoms with E-state index in [2.05, 4.69) is 47.8 Å². The highest BCUT2D eigenvalue weighted by Gasteiger charge is 2.02. The monoisotopic (exact) mass is 274 g/mol. The average molecular weight is 274 g/mol. The van der Waals surface area contributed by atoms with Crippen molar-refractivity contribution in [2.24, 2.45) is 0 Å². The van der Waals surface area contributed by atoms with Crippen LogP contribution in [0.1, 0.15) is 18.1 Å². The highest BCUT2D eigenvalue weighted by molar-refractivity contribution is 7.80. The molecule has 0 spiro atoms. The Hall–Kier alpha value is -1.88. The van der Waals surface area contributed by atoms with Crippen molar-refractivity contribution in [1.82, 2.24) is 9.78 Å². The second kappa shape index (κ2) is 5.84. The topological polar surface area (TPSA) is 41.9 Å². The number of nitrogens with zero attached hydrogens (tertiary/aromatic N) is 2. The fourth-order valence-corrected chi connectivity index (χ4v) is 2.15. The van der Waals surface area contributed by atoms with Gasteiger partial charge < -0.3 is 10.6 Å². The third-order valence-electron chi connectivity index (χ3n) is 2.69. The van der Waals surface area contributed by atoms with Gasteiger partial charge in [-0.3, -0.25) is 4.68 Å². The van der Waals surface area contributed by atoms with Crippen LogP contribution in [-0.4, -0.2) is 14.9 Å². The highest BCUT2D eigenvalue weighted by atomic mass is 32.1. The summed E-state index contributed by atoms with van der Waals surface area (Å²) in [5, 5.41) is 11.1. The van der Waals surface area contributed by atoms with E-state index < -0.39 is 0 Å².